The van der Waals surface area contributed by atoms with Gasteiger partial charge in [-0.3, -0.25) is 4.79 Å². The summed E-state index contributed by atoms with van der Waals surface area (Å²) in [5.41, 5.74) is 2.56. The van der Waals surface area contributed by atoms with E-state index in [9.17, 15) is 9.18 Å². The highest BCUT2D eigenvalue weighted by molar-refractivity contribution is 5.94. The first-order valence-electron chi connectivity index (χ1n) is 14.4. The summed E-state index contributed by atoms with van der Waals surface area (Å²) in [6.45, 7) is 6.48. The highest BCUT2D eigenvalue weighted by atomic mass is 19.1. The number of ether oxygens (including phenoxy) is 1. The Labute approximate surface area is 226 Å². The molecular weight excluding hydrogens is 481 g/mol. The van der Waals surface area contributed by atoms with E-state index >= 15 is 0 Å². The minimum absolute atomic E-state index is 0.0125. The first-order valence-corrected chi connectivity index (χ1v) is 14.4. The van der Waals surface area contributed by atoms with Gasteiger partial charge >= 0.3 is 0 Å². The zero-order valence-electron chi connectivity index (χ0n) is 22.9. The van der Waals surface area contributed by atoms with Crippen molar-refractivity contribution in [2.24, 2.45) is 5.92 Å². The summed E-state index contributed by atoms with van der Waals surface area (Å²) in [6, 6.07) is 7.53. The molecule has 0 radical (unpaired) electrons. The SMILES string of the molecule is COC1CCN(C2CCN(C(=O)c3ncnc(NCC4CCCC(c5ccc(F)cc5)C4)c3C)CC2)CC1. The third kappa shape index (κ3) is 6.34. The number of likely N-dealkylation sites (tertiary alicyclic amines) is 2. The molecule has 2 unspecified atom stereocenters. The van der Waals surface area contributed by atoms with Gasteiger partial charge in [0.25, 0.3) is 5.91 Å². The minimum atomic E-state index is -0.181. The summed E-state index contributed by atoms with van der Waals surface area (Å²) in [6.07, 6.45) is 10.7. The molecule has 5 rings (SSSR count). The lowest BCUT2D eigenvalue weighted by atomic mass is 9.78. The van der Waals surface area contributed by atoms with Crippen molar-refractivity contribution >= 4 is 11.7 Å². The Hall–Kier alpha value is -2.58. The Balaban J connectivity index is 1.14. The van der Waals surface area contributed by atoms with E-state index in [4.69, 9.17) is 4.74 Å². The first kappa shape index (κ1) is 27.0. The van der Waals surface area contributed by atoms with E-state index in [-0.39, 0.29) is 11.7 Å². The van der Waals surface area contributed by atoms with Crippen LogP contribution in [-0.4, -0.2) is 77.7 Å². The Morgan fingerprint density at radius 1 is 1.03 bits per heavy atom. The Morgan fingerprint density at radius 3 is 2.47 bits per heavy atom. The van der Waals surface area contributed by atoms with Crippen molar-refractivity contribution in [2.45, 2.75) is 76.4 Å². The highest BCUT2D eigenvalue weighted by Gasteiger charge is 2.31. The van der Waals surface area contributed by atoms with E-state index < -0.39 is 0 Å². The van der Waals surface area contributed by atoms with Gasteiger partial charge in [-0.05, 0) is 81.4 Å². The molecule has 1 N–H and O–H groups in total. The van der Waals surface area contributed by atoms with Crippen LogP contribution in [0.25, 0.3) is 0 Å². The second-order valence-electron chi connectivity index (χ2n) is 11.4. The molecule has 1 aromatic carbocycles. The fraction of sp³-hybridized carbons (Fsp3) is 0.633. The number of hydrogen-bond donors (Lipinski definition) is 1. The summed E-state index contributed by atoms with van der Waals surface area (Å²) < 4.78 is 18.9. The molecule has 2 aromatic rings. The van der Waals surface area contributed by atoms with Crippen LogP contribution in [0, 0.1) is 18.7 Å². The molecular formula is C30H42FN5O2. The van der Waals surface area contributed by atoms with Crippen molar-refractivity contribution in [2.75, 3.05) is 45.2 Å². The number of aromatic nitrogens is 2. The first-order chi connectivity index (χ1) is 18.5. The number of carbonyl (C=O) groups excluding carboxylic acids is 1. The summed E-state index contributed by atoms with van der Waals surface area (Å²) in [5, 5.41) is 3.52. The standard InChI is InChI=1S/C30H42FN5O2/c1-21-28(30(37)36-14-10-26(11-15-36)35-16-12-27(38-2)13-17-35)33-20-34-29(21)32-19-22-4-3-5-24(18-22)23-6-8-25(31)9-7-23/h6-9,20,22,24,26-27H,3-5,10-19H2,1-2H3,(H,32,33,34). The van der Waals surface area contributed by atoms with Crippen molar-refractivity contribution in [1.82, 2.24) is 19.8 Å². The molecule has 1 aliphatic carbocycles. The second-order valence-corrected chi connectivity index (χ2v) is 11.4. The van der Waals surface area contributed by atoms with Gasteiger partial charge in [0.15, 0.2) is 0 Å². The van der Waals surface area contributed by atoms with Gasteiger partial charge in [0.2, 0.25) is 0 Å². The molecule has 3 heterocycles. The number of benzene rings is 1. The zero-order chi connectivity index (χ0) is 26.5. The van der Waals surface area contributed by atoms with Crippen molar-refractivity contribution < 1.29 is 13.9 Å². The maximum Gasteiger partial charge on any atom is 0.272 e. The number of nitrogens with one attached hydrogen (secondary N) is 1. The van der Waals surface area contributed by atoms with Gasteiger partial charge < -0.3 is 19.9 Å². The normalized spacial score (nSPS) is 23.9. The highest BCUT2D eigenvalue weighted by Crippen LogP contribution is 2.36. The molecule has 8 heteroatoms. The van der Waals surface area contributed by atoms with Gasteiger partial charge in [0, 0.05) is 51.4 Å². The number of anilines is 1. The molecule has 1 saturated carbocycles. The van der Waals surface area contributed by atoms with E-state index in [1.54, 1.807) is 12.1 Å². The van der Waals surface area contributed by atoms with Crippen LogP contribution in [-0.2, 0) is 4.74 Å². The van der Waals surface area contributed by atoms with Crippen molar-refractivity contribution in [3.63, 3.8) is 0 Å². The molecule has 0 spiro atoms. The number of amides is 1. The maximum atomic E-state index is 13.4. The van der Waals surface area contributed by atoms with E-state index in [0.29, 0.717) is 29.7 Å². The average Bonchev–Trinajstić information content (AvgIpc) is 2.97. The summed E-state index contributed by atoms with van der Waals surface area (Å²) in [7, 11) is 1.81. The molecule has 2 saturated heterocycles. The summed E-state index contributed by atoms with van der Waals surface area (Å²) in [5.74, 6) is 1.57. The van der Waals surface area contributed by atoms with E-state index in [0.717, 1.165) is 82.6 Å². The Morgan fingerprint density at radius 2 is 1.76 bits per heavy atom. The topological polar surface area (TPSA) is 70.6 Å². The lowest BCUT2D eigenvalue weighted by Gasteiger charge is -2.41. The smallest absolute Gasteiger partial charge is 0.272 e. The molecule has 3 fully saturated rings. The van der Waals surface area contributed by atoms with Crippen molar-refractivity contribution in [1.29, 1.82) is 0 Å². The largest absolute Gasteiger partial charge is 0.381 e. The van der Waals surface area contributed by atoms with E-state index in [1.807, 2.05) is 31.1 Å². The van der Waals surface area contributed by atoms with Crippen LogP contribution in [0.4, 0.5) is 10.2 Å². The van der Waals surface area contributed by atoms with Crippen LogP contribution < -0.4 is 5.32 Å². The molecule has 2 atom stereocenters. The van der Waals surface area contributed by atoms with Gasteiger partial charge in [0.05, 0.1) is 6.10 Å². The van der Waals surface area contributed by atoms with Crippen molar-refractivity contribution in [3.8, 4) is 0 Å². The molecule has 206 valence electrons. The van der Waals surface area contributed by atoms with Gasteiger partial charge in [-0.2, -0.15) is 0 Å². The van der Waals surface area contributed by atoms with Crippen LogP contribution in [0.1, 0.15) is 78.9 Å². The fourth-order valence-corrected chi connectivity index (χ4v) is 6.66. The number of piperidine rings is 2. The number of methoxy groups -OCH3 is 1. The van der Waals surface area contributed by atoms with Crippen LogP contribution in [0.2, 0.25) is 0 Å². The summed E-state index contributed by atoms with van der Waals surface area (Å²) >= 11 is 0. The molecule has 2 aliphatic heterocycles. The third-order valence-corrected chi connectivity index (χ3v) is 9.05. The van der Waals surface area contributed by atoms with Gasteiger partial charge in [0.1, 0.15) is 23.7 Å². The zero-order valence-corrected chi connectivity index (χ0v) is 22.9. The molecule has 38 heavy (non-hydrogen) atoms. The van der Waals surface area contributed by atoms with Gasteiger partial charge in [-0.15, -0.1) is 0 Å². The minimum Gasteiger partial charge on any atom is -0.381 e. The number of halogens is 1. The van der Waals surface area contributed by atoms with Crippen molar-refractivity contribution in [3.05, 3.63) is 53.2 Å². The lowest BCUT2D eigenvalue weighted by molar-refractivity contribution is 0.0144. The van der Waals surface area contributed by atoms with Crippen LogP contribution >= 0.6 is 0 Å². The number of nitrogens with zero attached hydrogens (tertiary/aromatic N) is 4. The fourth-order valence-electron chi connectivity index (χ4n) is 6.66. The quantitative estimate of drug-likeness (QED) is 0.549. The number of hydrogen-bond acceptors (Lipinski definition) is 6. The maximum absolute atomic E-state index is 13.4. The van der Waals surface area contributed by atoms with Gasteiger partial charge in [-0.25, -0.2) is 14.4 Å². The number of rotatable bonds is 7. The molecule has 0 bridgehead atoms. The number of carbonyl (C=O) groups is 1. The summed E-state index contributed by atoms with van der Waals surface area (Å²) in [4.78, 5) is 26.8. The molecule has 3 aliphatic rings. The lowest BCUT2D eigenvalue weighted by Crippen LogP contribution is -2.49. The predicted octanol–water partition coefficient (Wildman–Crippen LogP) is 5.03. The molecule has 7 nitrogen and oxygen atoms in total. The van der Waals surface area contributed by atoms with Crippen LogP contribution in [0.3, 0.4) is 0 Å². The predicted molar refractivity (Wildman–Crippen MR) is 147 cm³/mol. The third-order valence-electron chi connectivity index (χ3n) is 9.05. The van der Waals surface area contributed by atoms with E-state index in [1.165, 1.54) is 24.7 Å². The Kier molecular flexibility index (Phi) is 8.89. The van der Waals surface area contributed by atoms with E-state index in [2.05, 4.69) is 20.2 Å². The second kappa shape index (κ2) is 12.5. The van der Waals surface area contributed by atoms with Gasteiger partial charge in [-0.1, -0.05) is 18.6 Å². The van der Waals surface area contributed by atoms with Crippen LogP contribution in [0.5, 0.6) is 0 Å². The molecule has 1 aromatic heterocycles. The van der Waals surface area contributed by atoms with Crippen LogP contribution in [0.15, 0.2) is 30.6 Å². The molecule has 1 amide bonds. The Bertz CT molecular complexity index is 1060. The monoisotopic (exact) mass is 523 g/mol. The average molecular weight is 524 g/mol.